The Morgan fingerprint density at radius 3 is 1.64 bits per heavy atom. The highest BCUT2D eigenvalue weighted by atomic mass is 16.2. The zero-order valence-electron chi connectivity index (χ0n) is 8.80. The van der Waals surface area contributed by atoms with Crippen molar-refractivity contribution in [1.29, 1.82) is 0 Å². The van der Waals surface area contributed by atoms with Gasteiger partial charge in [0.1, 0.15) is 0 Å². The van der Waals surface area contributed by atoms with Crippen molar-refractivity contribution in [3.63, 3.8) is 0 Å². The van der Waals surface area contributed by atoms with Crippen molar-refractivity contribution >= 4 is 11.8 Å². The summed E-state index contributed by atoms with van der Waals surface area (Å²) in [5.74, 6) is 0.168. The maximum absolute atomic E-state index is 11.3. The van der Waals surface area contributed by atoms with Crippen LogP contribution in [0.5, 0.6) is 0 Å². The van der Waals surface area contributed by atoms with Crippen LogP contribution in [0.4, 0.5) is 0 Å². The molecule has 0 spiro atoms. The molecule has 0 bridgehead atoms. The molecule has 1 saturated heterocycles. The molecule has 0 radical (unpaired) electrons. The quantitative estimate of drug-likeness (QED) is 0.598. The third kappa shape index (κ3) is 3.36. The molecule has 4 heteroatoms. The van der Waals surface area contributed by atoms with E-state index in [0.29, 0.717) is 12.8 Å². The molecule has 1 fully saturated rings. The van der Waals surface area contributed by atoms with Crippen LogP contribution in [0.2, 0.25) is 0 Å². The van der Waals surface area contributed by atoms with Crippen molar-refractivity contribution in [3.05, 3.63) is 0 Å². The van der Waals surface area contributed by atoms with Gasteiger partial charge < -0.3 is 10.6 Å². The monoisotopic (exact) mass is 198 g/mol. The van der Waals surface area contributed by atoms with Gasteiger partial charge in [0.15, 0.2) is 0 Å². The Morgan fingerprint density at radius 1 is 0.929 bits per heavy atom. The summed E-state index contributed by atoms with van der Waals surface area (Å²) >= 11 is 0. The second-order valence-electron chi connectivity index (χ2n) is 3.92. The summed E-state index contributed by atoms with van der Waals surface area (Å²) in [6.45, 7) is 3.81. The van der Waals surface area contributed by atoms with Crippen LogP contribution in [0.25, 0.3) is 0 Å². The average Bonchev–Trinajstić information content (AvgIpc) is 2.11. The lowest BCUT2D eigenvalue weighted by atomic mass is 10.1. The summed E-state index contributed by atoms with van der Waals surface area (Å²) in [6.07, 6.45) is 2.65. The average molecular weight is 198 g/mol. The molecule has 14 heavy (non-hydrogen) atoms. The number of amides is 2. The summed E-state index contributed by atoms with van der Waals surface area (Å²) in [5, 5.41) is 5.73. The Labute approximate surface area is 84.4 Å². The molecule has 1 aliphatic heterocycles. The lowest BCUT2D eigenvalue weighted by Gasteiger charge is -2.23. The van der Waals surface area contributed by atoms with Crippen molar-refractivity contribution in [2.24, 2.45) is 0 Å². The van der Waals surface area contributed by atoms with E-state index in [1.807, 2.05) is 13.8 Å². The molecule has 0 aromatic rings. The van der Waals surface area contributed by atoms with Crippen LogP contribution in [0.1, 0.15) is 39.5 Å². The normalized spacial score (nSPS) is 30.4. The minimum atomic E-state index is 0.00421. The Balaban J connectivity index is 2.55. The fourth-order valence-corrected chi connectivity index (χ4v) is 1.47. The van der Waals surface area contributed by atoms with Crippen molar-refractivity contribution in [3.8, 4) is 0 Å². The molecule has 2 unspecified atom stereocenters. The van der Waals surface area contributed by atoms with Crippen molar-refractivity contribution in [2.75, 3.05) is 0 Å². The van der Waals surface area contributed by atoms with Gasteiger partial charge in [-0.2, -0.15) is 0 Å². The number of rotatable bonds is 0. The molecule has 80 valence electrons. The van der Waals surface area contributed by atoms with Crippen molar-refractivity contribution in [2.45, 2.75) is 51.6 Å². The van der Waals surface area contributed by atoms with Crippen LogP contribution in [0.3, 0.4) is 0 Å². The molecule has 2 amide bonds. The van der Waals surface area contributed by atoms with E-state index < -0.39 is 0 Å². The molecular weight excluding hydrogens is 180 g/mol. The zero-order chi connectivity index (χ0) is 10.6. The maximum atomic E-state index is 11.3. The molecule has 1 heterocycles. The first-order chi connectivity index (χ1) is 6.59. The summed E-state index contributed by atoms with van der Waals surface area (Å²) in [7, 11) is 0. The first-order valence-electron chi connectivity index (χ1n) is 5.18. The Bertz CT molecular complexity index is 204. The van der Waals surface area contributed by atoms with Crippen molar-refractivity contribution in [1.82, 2.24) is 10.6 Å². The van der Waals surface area contributed by atoms with Gasteiger partial charge in [0.05, 0.1) is 0 Å². The second-order valence-corrected chi connectivity index (χ2v) is 3.92. The number of carbonyl (C=O) groups is 2. The van der Waals surface area contributed by atoms with E-state index in [1.165, 1.54) is 0 Å². The molecule has 0 aromatic heterocycles. The van der Waals surface area contributed by atoms with Gasteiger partial charge >= 0.3 is 0 Å². The molecule has 0 aromatic carbocycles. The van der Waals surface area contributed by atoms with Crippen LogP contribution in [0.15, 0.2) is 0 Å². The smallest absolute Gasteiger partial charge is 0.220 e. The van der Waals surface area contributed by atoms with Gasteiger partial charge in [-0.3, -0.25) is 9.59 Å². The minimum Gasteiger partial charge on any atom is -0.352 e. The van der Waals surface area contributed by atoms with E-state index in [1.54, 1.807) is 0 Å². The maximum Gasteiger partial charge on any atom is 0.220 e. The lowest BCUT2D eigenvalue weighted by Crippen LogP contribution is -2.49. The van der Waals surface area contributed by atoms with Gasteiger partial charge in [0, 0.05) is 24.9 Å². The number of nitrogens with one attached hydrogen (secondary N) is 2. The number of hydrogen-bond donors (Lipinski definition) is 2. The van der Waals surface area contributed by atoms with Gasteiger partial charge in [-0.05, 0) is 26.7 Å². The van der Waals surface area contributed by atoms with Crippen LogP contribution in [-0.4, -0.2) is 23.9 Å². The molecule has 4 nitrogen and oxygen atoms in total. The molecular formula is C10H18N2O2. The standard InChI is InChI=1S/C10H18N2O2/c1-7-8(2)12-10(14)6-4-3-5-9(13)11-7/h7-8H,3-6H2,1-2H3,(H,11,13)(H,12,14). The summed E-state index contributed by atoms with van der Waals surface area (Å²) in [4.78, 5) is 22.6. The van der Waals surface area contributed by atoms with E-state index in [9.17, 15) is 9.59 Å². The first kappa shape index (κ1) is 11.0. The molecule has 0 saturated carbocycles. The Hall–Kier alpha value is -1.06. The summed E-state index contributed by atoms with van der Waals surface area (Å²) in [5.41, 5.74) is 0. The third-order valence-corrected chi connectivity index (χ3v) is 2.58. The van der Waals surface area contributed by atoms with Gasteiger partial charge in [-0.15, -0.1) is 0 Å². The topological polar surface area (TPSA) is 58.2 Å². The Kier molecular flexibility index (Phi) is 3.92. The highest BCUT2D eigenvalue weighted by Gasteiger charge is 2.18. The van der Waals surface area contributed by atoms with Gasteiger partial charge in [0.2, 0.25) is 11.8 Å². The van der Waals surface area contributed by atoms with E-state index >= 15 is 0 Å². The second kappa shape index (κ2) is 4.98. The number of carbonyl (C=O) groups excluding carboxylic acids is 2. The predicted molar refractivity (Wildman–Crippen MR) is 53.7 cm³/mol. The zero-order valence-corrected chi connectivity index (χ0v) is 8.80. The SMILES string of the molecule is CC1NC(=O)CCCCC(=O)NC1C. The largest absolute Gasteiger partial charge is 0.352 e. The number of hydrogen-bond acceptors (Lipinski definition) is 2. The first-order valence-corrected chi connectivity index (χ1v) is 5.18. The van der Waals surface area contributed by atoms with Crippen LogP contribution in [0, 0.1) is 0 Å². The van der Waals surface area contributed by atoms with Crippen LogP contribution < -0.4 is 10.6 Å². The van der Waals surface area contributed by atoms with E-state index in [-0.39, 0.29) is 23.9 Å². The molecule has 2 atom stereocenters. The van der Waals surface area contributed by atoms with Gasteiger partial charge in [-0.25, -0.2) is 0 Å². The van der Waals surface area contributed by atoms with E-state index in [2.05, 4.69) is 10.6 Å². The molecule has 0 aliphatic carbocycles. The third-order valence-electron chi connectivity index (χ3n) is 2.58. The van der Waals surface area contributed by atoms with Gasteiger partial charge in [0.25, 0.3) is 0 Å². The molecule has 1 rings (SSSR count). The highest BCUT2D eigenvalue weighted by Crippen LogP contribution is 2.04. The van der Waals surface area contributed by atoms with Crippen molar-refractivity contribution < 1.29 is 9.59 Å². The summed E-state index contributed by atoms with van der Waals surface area (Å²) < 4.78 is 0. The van der Waals surface area contributed by atoms with E-state index in [0.717, 1.165) is 12.8 Å². The lowest BCUT2D eigenvalue weighted by molar-refractivity contribution is -0.125. The summed E-state index contributed by atoms with van der Waals surface area (Å²) in [6, 6.07) is 0.00843. The highest BCUT2D eigenvalue weighted by molar-refractivity contribution is 5.78. The predicted octanol–water partition coefficient (Wildman–Crippen LogP) is 0.570. The fraction of sp³-hybridized carbons (Fsp3) is 0.800. The minimum absolute atomic E-state index is 0.00421. The molecule has 2 N–H and O–H groups in total. The van der Waals surface area contributed by atoms with Gasteiger partial charge in [-0.1, -0.05) is 0 Å². The van der Waals surface area contributed by atoms with Crippen LogP contribution >= 0.6 is 0 Å². The van der Waals surface area contributed by atoms with E-state index in [4.69, 9.17) is 0 Å². The Morgan fingerprint density at radius 2 is 1.29 bits per heavy atom. The fourth-order valence-electron chi connectivity index (χ4n) is 1.47. The van der Waals surface area contributed by atoms with Crippen LogP contribution in [-0.2, 0) is 9.59 Å². The molecule has 1 aliphatic rings.